The molecule has 2 aliphatic heterocycles. The molecular formula is C17H19N3O3S2. The predicted molar refractivity (Wildman–Crippen MR) is 98.6 cm³/mol. The minimum absolute atomic E-state index is 0.00177. The molecule has 1 N–H and O–H groups in total. The van der Waals surface area contributed by atoms with Gasteiger partial charge in [0.05, 0.1) is 34.2 Å². The number of hydrogen-bond acceptors (Lipinski definition) is 5. The van der Waals surface area contributed by atoms with Crippen LogP contribution in [0.2, 0.25) is 0 Å². The monoisotopic (exact) mass is 377 g/mol. The van der Waals surface area contributed by atoms with Crippen LogP contribution in [0.5, 0.6) is 0 Å². The van der Waals surface area contributed by atoms with Crippen LogP contribution in [0.25, 0.3) is 0 Å². The number of rotatable bonds is 2. The van der Waals surface area contributed by atoms with Gasteiger partial charge in [0.15, 0.2) is 9.84 Å². The summed E-state index contributed by atoms with van der Waals surface area (Å²) in [6, 6.07) is 9.82. The first kappa shape index (κ1) is 16.7. The number of amides is 1. The lowest BCUT2D eigenvalue weighted by Gasteiger charge is -2.16. The predicted octanol–water partition coefficient (Wildman–Crippen LogP) is 2.33. The molecule has 6 nitrogen and oxygen atoms in total. The first-order chi connectivity index (χ1) is 11.9. The zero-order valence-corrected chi connectivity index (χ0v) is 15.4. The van der Waals surface area contributed by atoms with Crippen LogP contribution in [0.3, 0.4) is 0 Å². The summed E-state index contributed by atoms with van der Waals surface area (Å²) in [4.78, 5) is 12.2. The van der Waals surface area contributed by atoms with Crippen molar-refractivity contribution in [2.45, 2.75) is 24.6 Å². The van der Waals surface area contributed by atoms with E-state index in [4.69, 9.17) is 0 Å². The third kappa shape index (κ3) is 3.08. The van der Waals surface area contributed by atoms with Crippen molar-refractivity contribution >= 4 is 33.3 Å². The Morgan fingerprint density at radius 1 is 1.28 bits per heavy atom. The largest absolute Gasteiger partial charge is 0.310 e. The summed E-state index contributed by atoms with van der Waals surface area (Å²) in [5.41, 5.74) is 2.93. The number of fused-ring (bicyclic) bond motifs is 1. The normalized spacial score (nSPS) is 25.2. The molecular weight excluding hydrogens is 358 g/mol. The van der Waals surface area contributed by atoms with Crippen LogP contribution in [-0.4, -0.2) is 41.4 Å². The Hall–Kier alpha value is -1.80. The van der Waals surface area contributed by atoms with E-state index in [1.807, 2.05) is 37.3 Å². The van der Waals surface area contributed by atoms with Crippen LogP contribution >= 0.6 is 11.8 Å². The summed E-state index contributed by atoms with van der Waals surface area (Å²) in [6.07, 6.45) is 0.537. The van der Waals surface area contributed by atoms with Crippen molar-refractivity contribution in [1.29, 1.82) is 0 Å². The van der Waals surface area contributed by atoms with Gasteiger partial charge in [-0.1, -0.05) is 30.3 Å². The summed E-state index contributed by atoms with van der Waals surface area (Å²) in [5.74, 6) is 1.20. The number of thioether (sulfide) groups is 1. The second kappa shape index (κ2) is 6.17. The highest BCUT2D eigenvalue weighted by Crippen LogP contribution is 2.44. The molecule has 0 aliphatic carbocycles. The van der Waals surface area contributed by atoms with Crippen LogP contribution < -0.4 is 5.32 Å². The molecule has 3 heterocycles. The molecule has 0 unspecified atom stereocenters. The van der Waals surface area contributed by atoms with Gasteiger partial charge in [-0.05, 0) is 18.9 Å². The molecule has 2 aliphatic rings. The maximum Gasteiger partial charge on any atom is 0.235 e. The molecule has 1 aromatic carbocycles. The second-order valence-corrected chi connectivity index (χ2v) is 9.82. The fourth-order valence-corrected chi connectivity index (χ4v) is 6.41. The molecule has 0 bridgehead atoms. The maximum absolute atomic E-state index is 12.2. The number of anilines is 1. The van der Waals surface area contributed by atoms with Gasteiger partial charge in [0.1, 0.15) is 5.82 Å². The average molecular weight is 377 g/mol. The molecule has 8 heteroatoms. The average Bonchev–Trinajstić information content (AvgIpc) is 3.03. The molecule has 1 aromatic heterocycles. The van der Waals surface area contributed by atoms with Crippen molar-refractivity contribution in [3.05, 3.63) is 47.2 Å². The second-order valence-electron chi connectivity index (χ2n) is 6.50. The fraction of sp³-hybridized carbons (Fsp3) is 0.412. The smallest absolute Gasteiger partial charge is 0.235 e. The number of aryl methyl sites for hydroxylation is 1. The summed E-state index contributed by atoms with van der Waals surface area (Å²) in [7, 11) is -3.03. The van der Waals surface area contributed by atoms with E-state index in [1.165, 1.54) is 0 Å². The lowest BCUT2D eigenvalue weighted by molar-refractivity contribution is -0.113. The maximum atomic E-state index is 12.2. The van der Waals surface area contributed by atoms with E-state index in [9.17, 15) is 13.2 Å². The molecule has 2 aromatic rings. The highest BCUT2D eigenvalue weighted by atomic mass is 32.2. The van der Waals surface area contributed by atoms with E-state index in [2.05, 4.69) is 10.4 Å². The van der Waals surface area contributed by atoms with Gasteiger partial charge in [-0.25, -0.2) is 13.1 Å². The highest BCUT2D eigenvalue weighted by molar-refractivity contribution is 8.00. The van der Waals surface area contributed by atoms with Crippen molar-refractivity contribution in [1.82, 2.24) is 9.78 Å². The Balaban J connectivity index is 1.82. The van der Waals surface area contributed by atoms with Crippen molar-refractivity contribution < 1.29 is 13.2 Å². The number of aromatic nitrogens is 2. The van der Waals surface area contributed by atoms with E-state index >= 15 is 0 Å². The molecule has 2 atom stereocenters. The van der Waals surface area contributed by atoms with Gasteiger partial charge < -0.3 is 5.32 Å². The van der Waals surface area contributed by atoms with E-state index in [1.54, 1.807) is 16.4 Å². The van der Waals surface area contributed by atoms with Crippen LogP contribution in [0.4, 0.5) is 5.82 Å². The summed E-state index contributed by atoms with van der Waals surface area (Å²) in [5, 5.41) is 7.58. The molecule has 1 amide bonds. The first-order valence-electron chi connectivity index (χ1n) is 8.20. The molecule has 1 saturated heterocycles. The minimum Gasteiger partial charge on any atom is -0.310 e. The first-order valence-corrected chi connectivity index (χ1v) is 11.1. The van der Waals surface area contributed by atoms with Gasteiger partial charge in [-0.2, -0.15) is 5.10 Å². The summed E-state index contributed by atoms with van der Waals surface area (Å²) in [6.45, 7) is 1.92. The van der Waals surface area contributed by atoms with Crippen LogP contribution in [0.15, 0.2) is 30.3 Å². The Morgan fingerprint density at radius 3 is 2.72 bits per heavy atom. The molecule has 0 spiro atoms. The van der Waals surface area contributed by atoms with Gasteiger partial charge >= 0.3 is 0 Å². The molecule has 132 valence electrons. The summed E-state index contributed by atoms with van der Waals surface area (Å²) >= 11 is 1.57. The Bertz CT molecular complexity index is 922. The molecule has 25 heavy (non-hydrogen) atoms. The quantitative estimate of drug-likeness (QED) is 0.869. The number of nitrogens with one attached hydrogen (secondary N) is 1. The lowest BCUT2D eigenvalue weighted by Crippen LogP contribution is -2.20. The van der Waals surface area contributed by atoms with E-state index in [-0.39, 0.29) is 28.7 Å². The number of carbonyl (C=O) groups excluding carboxylic acids is 1. The number of carbonyl (C=O) groups is 1. The Kier molecular flexibility index (Phi) is 4.11. The lowest BCUT2D eigenvalue weighted by atomic mass is 10.0. The van der Waals surface area contributed by atoms with Crippen molar-refractivity contribution in [2.24, 2.45) is 0 Å². The van der Waals surface area contributed by atoms with Crippen molar-refractivity contribution in [3.63, 3.8) is 0 Å². The molecule has 4 rings (SSSR count). The van der Waals surface area contributed by atoms with Gasteiger partial charge in [-0.15, -0.1) is 11.8 Å². The van der Waals surface area contributed by atoms with Crippen LogP contribution in [-0.2, 0) is 14.6 Å². The van der Waals surface area contributed by atoms with Gasteiger partial charge in [0, 0.05) is 5.56 Å². The van der Waals surface area contributed by atoms with E-state index in [0.717, 1.165) is 16.8 Å². The Labute approximate surface area is 150 Å². The zero-order chi connectivity index (χ0) is 17.6. The number of hydrogen-bond donors (Lipinski definition) is 1. The number of sulfone groups is 1. The van der Waals surface area contributed by atoms with Crippen LogP contribution in [0.1, 0.15) is 34.5 Å². The van der Waals surface area contributed by atoms with Gasteiger partial charge in [-0.3, -0.25) is 4.79 Å². The topological polar surface area (TPSA) is 81.1 Å². The number of benzene rings is 1. The highest BCUT2D eigenvalue weighted by Gasteiger charge is 2.36. The fourth-order valence-electron chi connectivity index (χ4n) is 3.53. The zero-order valence-electron chi connectivity index (χ0n) is 13.8. The Morgan fingerprint density at radius 2 is 2.04 bits per heavy atom. The van der Waals surface area contributed by atoms with E-state index < -0.39 is 9.84 Å². The van der Waals surface area contributed by atoms with Crippen molar-refractivity contribution in [3.8, 4) is 0 Å². The third-order valence-electron chi connectivity index (χ3n) is 4.69. The third-order valence-corrected chi connectivity index (χ3v) is 7.71. The molecule has 0 saturated carbocycles. The van der Waals surface area contributed by atoms with Crippen molar-refractivity contribution in [2.75, 3.05) is 22.6 Å². The van der Waals surface area contributed by atoms with Gasteiger partial charge in [0.2, 0.25) is 5.91 Å². The molecule has 1 fully saturated rings. The summed E-state index contributed by atoms with van der Waals surface area (Å²) < 4.78 is 25.5. The molecule has 0 radical (unpaired) electrons. The van der Waals surface area contributed by atoms with E-state index in [0.29, 0.717) is 18.0 Å². The minimum atomic E-state index is -3.03. The van der Waals surface area contributed by atoms with Gasteiger partial charge in [0.25, 0.3) is 0 Å². The number of nitrogens with zero attached hydrogens (tertiary/aromatic N) is 2. The van der Waals surface area contributed by atoms with Crippen LogP contribution in [0, 0.1) is 6.92 Å². The SMILES string of the molecule is Cc1nn([C@H]2CCS(=O)(=O)C2)c2c1[C@@H](c1ccccc1)SCC(=O)N2. The standard InChI is InChI=1S/C17H19N3O3S2/c1-11-15-16(12-5-3-2-4-6-12)24-9-14(21)18-17(15)20(19-11)13-7-8-25(22,23)10-13/h2-6,13,16H,7-10H2,1H3,(H,18,21)/t13-,16+/m0/s1.